The van der Waals surface area contributed by atoms with Crippen molar-refractivity contribution in [3.63, 3.8) is 0 Å². The van der Waals surface area contributed by atoms with Crippen LogP contribution < -0.4 is 10.1 Å². The highest BCUT2D eigenvalue weighted by molar-refractivity contribution is 6.02. The fourth-order valence-corrected chi connectivity index (χ4v) is 4.10. The number of aromatic nitrogens is 2. The lowest BCUT2D eigenvalue weighted by atomic mass is 9.99. The van der Waals surface area contributed by atoms with E-state index in [1.807, 2.05) is 0 Å². The molecule has 0 saturated carbocycles. The van der Waals surface area contributed by atoms with E-state index in [1.54, 1.807) is 65.6 Å². The van der Waals surface area contributed by atoms with Crippen molar-refractivity contribution >= 4 is 17.9 Å². The first kappa shape index (κ1) is 25.3. The summed E-state index contributed by atoms with van der Waals surface area (Å²) in [6.07, 6.45) is -3.67. The number of aliphatic hydroxyl groups is 4. The molecule has 5 unspecified atom stereocenters. The van der Waals surface area contributed by atoms with Crippen LogP contribution in [0, 0.1) is 16.7 Å². The van der Waals surface area contributed by atoms with Crippen LogP contribution in [-0.4, -0.2) is 91.2 Å². The van der Waals surface area contributed by atoms with Crippen molar-refractivity contribution in [3.8, 4) is 17.5 Å². The highest BCUT2D eigenvalue weighted by atomic mass is 16.7. The average Bonchev–Trinajstić information content (AvgIpc) is 3.39. The number of nitriles is 1. The van der Waals surface area contributed by atoms with E-state index >= 15 is 0 Å². The largest absolute Gasteiger partial charge is 0.462 e. The second-order valence-electron chi connectivity index (χ2n) is 8.69. The van der Waals surface area contributed by atoms with Crippen LogP contribution in [0.2, 0.25) is 0 Å². The van der Waals surface area contributed by atoms with Crippen molar-refractivity contribution < 1.29 is 29.9 Å². The van der Waals surface area contributed by atoms with E-state index in [0.29, 0.717) is 28.3 Å². The third-order valence-corrected chi connectivity index (χ3v) is 6.25. The first-order valence-corrected chi connectivity index (χ1v) is 11.7. The summed E-state index contributed by atoms with van der Waals surface area (Å²) in [4.78, 5) is 0. The van der Waals surface area contributed by atoms with Gasteiger partial charge in [-0.05, 0) is 54.1 Å². The molecular formula is C25H25N7O6. The van der Waals surface area contributed by atoms with Crippen LogP contribution in [0.1, 0.15) is 16.7 Å². The number of ether oxygens (including phenoxy) is 2. The monoisotopic (exact) mass is 519 g/mol. The summed E-state index contributed by atoms with van der Waals surface area (Å²) in [5.74, 6) is 1.15. The molecule has 1 fully saturated rings. The van der Waals surface area contributed by atoms with E-state index in [-0.39, 0.29) is 12.5 Å². The summed E-state index contributed by atoms with van der Waals surface area (Å²) in [6, 6.07) is 15.7. The van der Waals surface area contributed by atoms with Crippen LogP contribution in [0.3, 0.4) is 0 Å². The third-order valence-electron chi connectivity index (χ3n) is 6.25. The van der Waals surface area contributed by atoms with Crippen molar-refractivity contribution in [3.05, 3.63) is 71.4 Å². The molecule has 1 saturated heterocycles. The topological polar surface area (TPSA) is 192 Å². The van der Waals surface area contributed by atoms with Gasteiger partial charge in [0, 0.05) is 0 Å². The van der Waals surface area contributed by atoms with Gasteiger partial charge in [-0.15, -0.1) is 0 Å². The zero-order valence-corrected chi connectivity index (χ0v) is 19.9. The van der Waals surface area contributed by atoms with Crippen molar-refractivity contribution in [2.75, 3.05) is 18.6 Å². The number of hydrogen-bond donors (Lipinski definition) is 6. The average molecular weight is 520 g/mol. The van der Waals surface area contributed by atoms with Gasteiger partial charge in [-0.25, -0.2) is 9.69 Å². The van der Waals surface area contributed by atoms with Crippen LogP contribution in [0.25, 0.3) is 5.69 Å². The molecule has 3 heterocycles. The standard InChI is InChI=1S/C25H25N7O6/c26-9-14-1-5-16(6-2-14)32-24-18(11-30-32)23(27)31(13-28-24)29-10-15-3-7-17(8-4-15)37-25-22(36)21(35)20(34)19(12-33)38-25/h1-8,10-11,19-22,25,27-28,33-36H,12-13H2/b27-23?,29-10-. The van der Waals surface area contributed by atoms with Gasteiger partial charge < -0.3 is 35.2 Å². The van der Waals surface area contributed by atoms with Gasteiger partial charge in [-0.3, -0.25) is 5.41 Å². The number of benzene rings is 2. The van der Waals surface area contributed by atoms with Gasteiger partial charge in [0.25, 0.3) is 0 Å². The van der Waals surface area contributed by atoms with Crippen LogP contribution in [0.4, 0.5) is 5.82 Å². The van der Waals surface area contributed by atoms with E-state index in [4.69, 9.17) is 20.1 Å². The van der Waals surface area contributed by atoms with Gasteiger partial charge in [0.1, 0.15) is 42.7 Å². The van der Waals surface area contributed by atoms with Crippen LogP contribution >= 0.6 is 0 Å². The van der Waals surface area contributed by atoms with Gasteiger partial charge in [0.05, 0.1) is 41.9 Å². The molecule has 6 N–H and O–H groups in total. The van der Waals surface area contributed by atoms with E-state index in [1.165, 1.54) is 5.01 Å². The first-order valence-electron chi connectivity index (χ1n) is 11.7. The van der Waals surface area contributed by atoms with Crippen LogP contribution in [0.15, 0.2) is 59.8 Å². The lowest BCUT2D eigenvalue weighted by Gasteiger charge is -2.39. The van der Waals surface area contributed by atoms with Crippen molar-refractivity contribution in [2.45, 2.75) is 30.7 Å². The minimum atomic E-state index is -1.53. The van der Waals surface area contributed by atoms with Crippen molar-refractivity contribution in [1.29, 1.82) is 10.7 Å². The quantitative estimate of drug-likeness (QED) is 0.241. The minimum Gasteiger partial charge on any atom is -0.462 e. The molecule has 0 radical (unpaired) electrons. The Bertz CT molecular complexity index is 1370. The van der Waals surface area contributed by atoms with Crippen LogP contribution in [0.5, 0.6) is 5.75 Å². The maximum absolute atomic E-state index is 10.1. The maximum atomic E-state index is 10.1. The molecule has 1 aromatic heterocycles. The maximum Gasteiger partial charge on any atom is 0.229 e. The van der Waals surface area contributed by atoms with Crippen molar-refractivity contribution in [2.24, 2.45) is 5.10 Å². The summed E-state index contributed by atoms with van der Waals surface area (Å²) >= 11 is 0. The molecule has 5 rings (SSSR count). The number of aliphatic hydroxyl groups excluding tert-OH is 4. The Morgan fingerprint density at radius 3 is 2.55 bits per heavy atom. The molecule has 0 spiro atoms. The zero-order valence-electron chi connectivity index (χ0n) is 19.9. The van der Waals surface area contributed by atoms with E-state index in [0.717, 1.165) is 5.69 Å². The molecule has 0 bridgehead atoms. The van der Waals surface area contributed by atoms with E-state index in [2.05, 4.69) is 21.6 Å². The SMILES string of the molecule is N#Cc1ccc(-n2ncc3c2NCN(/N=C\c2ccc(OC4OC(CO)C(O)C(O)C4O)cc2)C3=N)cc1. The number of nitrogens with one attached hydrogen (secondary N) is 2. The lowest BCUT2D eigenvalue weighted by Crippen LogP contribution is -2.60. The number of fused-ring (bicyclic) bond motifs is 1. The first-order chi connectivity index (χ1) is 18.4. The molecule has 13 nitrogen and oxygen atoms in total. The Kier molecular flexibility index (Phi) is 7.05. The number of rotatable bonds is 6. The number of hydrogen-bond acceptors (Lipinski definition) is 11. The van der Waals surface area contributed by atoms with Gasteiger partial charge in [0.2, 0.25) is 6.29 Å². The Morgan fingerprint density at radius 2 is 1.87 bits per heavy atom. The van der Waals surface area contributed by atoms with Crippen LogP contribution in [-0.2, 0) is 4.74 Å². The third kappa shape index (κ3) is 4.82. The van der Waals surface area contributed by atoms with Gasteiger partial charge in [-0.2, -0.15) is 15.5 Å². The Balaban J connectivity index is 1.23. The van der Waals surface area contributed by atoms with Crippen molar-refractivity contribution in [1.82, 2.24) is 14.8 Å². The molecular weight excluding hydrogens is 494 g/mol. The minimum absolute atomic E-state index is 0.164. The Morgan fingerprint density at radius 1 is 1.13 bits per heavy atom. The van der Waals surface area contributed by atoms with E-state index < -0.39 is 37.3 Å². The second kappa shape index (κ2) is 10.6. The van der Waals surface area contributed by atoms with E-state index in [9.17, 15) is 20.4 Å². The summed E-state index contributed by atoms with van der Waals surface area (Å²) in [6.45, 7) is -0.305. The number of amidine groups is 1. The summed E-state index contributed by atoms with van der Waals surface area (Å²) in [7, 11) is 0. The highest BCUT2D eigenvalue weighted by Crippen LogP contribution is 2.26. The predicted molar refractivity (Wildman–Crippen MR) is 134 cm³/mol. The predicted octanol–water partition coefficient (Wildman–Crippen LogP) is -0.0329. The molecule has 2 aromatic carbocycles. The highest BCUT2D eigenvalue weighted by Gasteiger charge is 2.44. The number of hydrazone groups is 1. The van der Waals surface area contributed by atoms with Gasteiger partial charge in [0.15, 0.2) is 5.84 Å². The zero-order chi connectivity index (χ0) is 26.8. The Hall–Kier alpha value is -4.32. The normalized spacial score (nSPS) is 25.1. The van der Waals surface area contributed by atoms with Gasteiger partial charge >= 0.3 is 0 Å². The fraction of sp³-hybridized carbons (Fsp3) is 0.280. The van der Waals surface area contributed by atoms with Gasteiger partial charge in [-0.1, -0.05) is 0 Å². The molecule has 0 amide bonds. The summed E-state index contributed by atoms with van der Waals surface area (Å²) in [5, 5.41) is 70.3. The molecule has 5 atom stereocenters. The lowest BCUT2D eigenvalue weighted by molar-refractivity contribution is -0.277. The molecule has 13 heteroatoms. The Labute approximate surface area is 216 Å². The molecule has 2 aliphatic rings. The smallest absolute Gasteiger partial charge is 0.229 e. The number of nitrogens with zero attached hydrogens (tertiary/aromatic N) is 5. The second-order valence-corrected chi connectivity index (χ2v) is 8.69. The summed E-state index contributed by atoms with van der Waals surface area (Å²) in [5.41, 5.74) is 2.58. The molecule has 2 aliphatic heterocycles. The molecule has 0 aliphatic carbocycles. The number of anilines is 1. The fourth-order valence-electron chi connectivity index (χ4n) is 4.10. The summed E-state index contributed by atoms with van der Waals surface area (Å²) < 4.78 is 12.6. The molecule has 38 heavy (non-hydrogen) atoms. The molecule has 3 aromatic rings. The molecule has 196 valence electrons.